The fourth-order valence-corrected chi connectivity index (χ4v) is 1.20. The molecule has 1 heterocycles. The molecule has 0 aliphatic heterocycles. The standard InChI is InChI=1S/C5H5NO2S.C2H4N2/c6-4-2-9-1-3(4)5(7)8;3-1-2-4/h1-2H,6H2,(H,7,8);1-4H. The van der Waals surface area contributed by atoms with Crippen molar-refractivity contribution in [1.82, 2.24) is 0 Å². The van der Waals surface area contributed by atoms with E-state index in [9.17, 15) is 4.79 Å². The van der Waals surface area contributed by atoms with Gasteiger partial charge in [-0.1, -0.05) is 0 Å². The third kappa shape index (κ3) is 4.02. The normalized spacial score (nSPS) is 8.00. The first-order chi connectivity index (χ1) is 6.13. The molecule has 0 unspecified atom stereocenters. The molecular formula is C7H9N3O2S. The Kier molecular flexibility index (Phi) is 5.13. The summed E-state index contributed by atoms with van der Waals surface area (Å²) in [5, 5.41) is 23.7. The summed E-state index contributed by atoms with van der Waals surface area (Å²) < 4.78 is 0. The number of carboxylic acid groups (broad SMARTS) is 1. The van der Waals surface area contributed by atoms with Crippen LogP contribution in [-0.4, -0.2) is 23.5 Å². The van der Waals surface area contributed by atoms with E-state index >= 15 is 0 Å². The molecule has 0 radical (unpaired) electrons. The molecule has 0 aliphatic rings. The van der Waals surface area contributed by atoms with Gasteiger partial charge in [0.15, 0.2) is 0 Å². The van der Waals surface area contributed by atoms with E-state index in [4.69, 9.17) is 21.7 Å². The first-order valence-corrected chi connectivity index (χ1v) is 4.12. The van der Waals surface area contributed by atoms with Gasteiger partial charge in [0.25, 0.3) is 0 Å². The second-order valence-electron chi connectivity index (χ2n) is 1.88. The highest BCUT2D eigenvalue weighted by Gasteiger charge is 2.06. The molecule has 6 heteroatoms. The Morgan fingerprint density at radius 3 is 2.15 bits per heavy atom. The van der Waals surface area contributed by atoms with Crippen molar-refractivity contribution >= 4 is 35.4 Å². The Morgan fingerprint density at radius 1 is 1.46 bits per heavy atom. The number of aromatic carboxylic acids is 1. The van der Waals surface area contributed by atoms with Crippen LogP contribution in [0.1, 0.15) is 10.4 Å². The van der Waals surface area contributed by atoms with Gasteiger partial charge in [0.05, 0.1) is 11.3 Å². The summed E-state index contributed by atoms with van der Waals surface area (Å²) in [5.74, 6) is -0.964. The Labute approximate surface area is 78.8 Å². The number of nitrogens with one attached hydrogen (secondary N) is 2. The van der Waals surface area contributed by atoms with Gasteiger partial charge in [0.1, 0.15) is 0 Å². The molecule has 0 bridgehead atoms. The van der Waals surface area contributed by atoms with Gasteiger partial charge in [-0.15, -0.1) is 11.3 Å². The SMILES string of the molecule is N=CC=N.Nc1cscc1C(=O)O. The first kappa shape index (κ1) is 11.3. The number of nitrogens with two attached hydrogens (primary N) is 1. The molecule has 1 aromatic rings. The maximum Gasteiger partial charge on any atom is 0.338 e. The van der Waals surface area contributed by atoms with Crippen LogP contribution < -0.4 is 5.73 Å². The Bertz CT molecular complexity index is 302. The van der Waals surface area contributed by atoms with Gasteiger partial charge >= 0.3 is 5.97 Å². The number of hydrogen-bond donors (Lipinski definition) is 4. The first-order valence-electron chi connectivity index (χ1n) is 3.18. The molecular weight excluding hydrogens is 190 g/mol. The molecule has 70 valence electrons. The van der Waals surface area contributed by atoms with Gasteiger partial charge in [-0.05, 0) is 0 Å². The molecule has 0 aliphatic carbocycles. The molecule has 0 amide bonds. The molecule has 0 saturated heterocycles. The summed E-state index contributed by atoms with van der Waals surface area (Å²) >= 11 is 1.29. The van der Waals surface area contributed by atoms with Crippen LogP contribution in [0.5, 0.6) is 0 Å². The predicted octanol–water partition coefficient (Wildman–Crippen LogP) is 1.31. The smallest absolute Gasteiger partial charge is 0.338 e. The summed E-state index contributed by atoms with van der Waals surface area (Å²) in [4.78, 5) is 10.2. The van der Waals surface area contributed by atoms with Crippen LogP contribution in [0.3, 0.4) is 0 Å². The average Bonchev–Trinajstić information content (AvgIpc) is 2.52. The number of hydrogen-bond acceptors (Lipinski definition) is 5. The number of anilines is 1. The summed E-state index contributed by atoms with van der Waals surface area (Å²) in [6.07, 6.45) is 1.83. The average molecular weight is 199 g/mol. The molecule has 0 aromatic carbocycles. The van der Waals surface area contributed by atoms with Crippen molar-refractivity contribution < 1.29 is 9.90 Å². The van der Waals surface area contributed by atoms with Crippen molar-refractivity contribution in [3.8, 4) is 0 Å². The van der Waals surface area contributed by atoms with E-state index in [0.29, 0.717) is 5.69 Å². The molecule has 0 atom stereocenters. The van der Waals surface area contributed by atoms with Crippen LogP contribution in [0.4, 0.5) is 5.69 Å². The van der Waals surface area contributed by atoms with E-state index < -0.39 is 5.97 Å². The maximum absolute atomic E-state index is 10.2. The van der Waals surface area contributed by atoms with Gasteiger partial charge in [0, 0.05) is 23.2 Å². The lowest BCUT2D eigenvalue weighted by Gasteiger charge is -1.86. The fourth-order valence-electron chi connectivity index (χ4n) is 0.481. The summed E-state index contributed by atoms with van der Waals surface area (Å²) in [6.45, 7) is 0. The lowest BCUT2D eigenvalue weighted by atomic mass is 10.3. The van der Waals surface area contributed by atoms with E-state index in [2.05, 4.69) is 0 Å². The zero-order valence-electron chi connectivity index (χ0n) is 6.65. The minimum atomic E-state index is -0.964. The van der Waals surface area contributed by atoms with Crippen molar-refractivity contribution in [2.24, 2.45) is 0 Å². The number of nitrogen functional groups attached to an aromatic ring is 1. The third-order valence-electron chi connectivity index (χ3n) is 1.01. The molecule has 5 nitrogen and oxygen atoms in total. The lowest BCUT2D eigenvalue weighted by molar-refractivity contribution is 0.0698. The Balaban J connectivity index is 0.000000310. The molecule has 5 N–H and O–H groups in total. The molecule has 0 saturated carbocycles. The Morgan fingerprint density at radius 2 is 2.00 bits per heavy atom. The third-order valence-corrected chi connectivity index (χ3v) is 1.77. The maximum atomic E-state index is 10.2. The molecule has 0 spiro atoms. The van der Waals surface area contributed by atoms with Crippen LogP contribution in [0.25, 0.3) is 0 Å². The highest BCUT2D eigenvalue weighted by molar-refractivity contribution is 7.08. The Hall–Kier alpha value is -1.69. The van der Waals surface area contributed by atoms with Crippen molar-refractivity contribution in [3.05, 3.63) is 16.3 Å². The van der Waals surface area contributed by atoms with Crippen molar-refractivity contribution in [3.63, 3.8) is 0 Å². The zero-order valence-corrected chi connectivity index (χ0v) is 7.47. The molecule has 1 aromatic heterocycles. The van der Waals surface area contributed by atoms with Gasteiger partial charge < -0.3 is 21.7 Å². The molecule has 13 heavy (non-hydrogen) atoms. The topological polar surface area (TPSA) is 111 Å². The zero-order chi connectivity index (χ0) is 10.3. The van der Waals surface area contributed by atoms with Gasteiger partial charge in [-0.3, -0.25) is 0 Å². The second-order valence-corrected chi connectivity index (χ2v) is 2.62. The summed E-state index contributed by atoms with van der Waals surface area (Å²) in [7, 11) is 0. The van der Waals surface area contributed by atoms with E-state index in [-0.39, 0.29) is 5.56 Å². The quantitative estimate of drug-likeness (QED) is 0.539. The number of carboxylic acids is 1. The monoisotopic (exact) mass is 199 g/mol. The van der Waals surface area contributed by atoms with Crippen LogP contribution in [-0.2, 0) is 0 Å². The van der Waals surface area contributed by atoms with E-state index in [1.807, 2.05) is 0 Å². The second kappa shape index (κ2) is 5.90. The summed E-state index contributed by atoms with van der Waals surface area (Å²) in [6, 6.07) is 0. The van der Waals surface area contributed by atoms with Crippen LogP contribution in [0, 0.1) is 10.8 Å². The van der Waals surface area contributed by atoms with E-state index in [0.717, 1.165) is 12.4 Å². The van der Waals surface area contributed by atoms with Gasteiger partial charge in [-0.25, -0.2) is 4.79 Å². The van der Waals surface area contributed by atoms with E-state index in [1.165, 1.54) is 16.7 Å². The van der Waals surface area contributed by atoms with Crippen molar-refractivity contribution in [1.29, 1.82) is 10.8 Å². The predicted molar refractivity (Wildman–Crippen MR) is 53.3 cm³/mol. The minimum Gasteiger partial charge on any atom is -0.478 e. The van der Waals surface area contributed by atoms with Gasteiger partial charge in [0.2, 0.25) is 0 Å². The molecule has 0 fully saturated rings. The number of rotatable bonds is 2. The van der Waals surface area contributed by atoms with Crippen molar-refractivity contribution in [2.75, 3.05) is 5.73 Å². The largest absolute Gasteiger partial charge is 0.478 e. The molecule has 1 rings (SSSR count). The minimum absolute atomic E-state index is 0.194. The van der Waals surface area contributed by atoms with Crippen LogP contribution in [0.15, 0.2) is 10.8 Å². The van der Waals surface area contributed by atoms with Crippen LogP contribution in [0.2, 0.25) is 0 Å². The van der Waals surface area contributed by atoms with Crippen molar-refractivity contribution in [2.45, 2.75) is 0 Å². The van der Waals surface area contributed by atoms with Crippen LogP contribution >= 0.6 is 11.3 Å². The van der Waals surface area contributed by atoms with E-state index in [1.54, 1.807) is 5.38 Å². The number of carbonyl (C=O) groups is 1. The lowest BCUT2D eigenvalue weighted by Crippen LogP contribution is -1.97. The number of thiophene rings is 1. The highest BCUT2D eigenvalue weighted by atomic mass is 32.1. The fraction of sp³-hybridized carbons (Fsp3) is 0. The highest BCUT2D eigenvalue weighted by Crippen LogP contribution is 2.15. The van der Waals surface area contributed by atoms with Gasteiger partial charge in [-0.2, -0.15) is 0 Å². The summed E-state index contributed by atoms with van der Waals surface area (Å²) in [5.41, 5.74) is 5.81.